The van der Waals surface area contributed by atoms with E-state index >= 15 is 0 Å². The van der Waals surface area contributed by atoms with Gasteiger partial charge in [-0.15, -0.1) is 11.8 Å². The molecule has 0 aliphatic carbocycles. The molecule has 1 aromatic rings. The summed E-state index contributed by atoms with van der Waals surface area (Å²) in [5.74, 6) is 0.307. The average Bonchev–Trinajstić information content (AvgIpc) is 2.94. The van der Waals surface area contributed by atoms with Crippen LogP contribution in [0.2, 0.25) is 0 Å². The lowest BCUT2D eigenvalue weighted by Gasteiger charge is -2.20. The number of pyridine rings is 1. The van der Waals surface area contributed by atoms with Crippen LogP contribution in [0.25, 0.3) is 0 Å². The van der Waals surface area contributed by atoms with Gasteiger partial charge in [-0.05, 0) is 11.6 Å². The van der Waals surface area contributed by atoms with Crippen LogP contribution >= 0.6 is 11.8 Å². The highest BCUT2D eigenvalue weighted by Gasteiger charge is 2.34. The molecule has 2 heterocycles. The Hall–Kier alpha value is -1.96. The van der Waals surface area contributed by atoms with Gasteiger partial charge in [-0.3, -0.25) is 0 Å². The Morgan fingerprint density at radius 2 is 2.45 bits per heavy atom. The molecule has 1 atom stereocenters. The Labute approximate surface area is 120 Å². The fraction of sp³-hybridized carbons (Fsp3) is 0.417. The van der Waals surface area contributed by atoms with Gasteiger partial charge in [0.2, 0.25) is 5.88 Å². The van der Waals surface area contributed by atoms with E-state index in [1.54, 1.807) is 18.3 Å². The Balaban J connectivity index is 1.93. The van der Waals surface area contributed by atoms with Crippen LogP contribution in [0.4, 0.5) is 4.79 Å². The van der Waals surface area contributed by atoms with Crippen LogP contribution in [0.1, 0.15) is 5.56 Å². The van der Waals surface area contributed by atoms with E-state index in [-0.39, 0.29) is 6.03 Å². The summed E-state index contributed by atoms with van der Waals surface area (Å²) in [4.78, 5) is 28.3. The van der Waals surface area contributed by atoms with E-state index < -0.39 is 12.0 Å². The van der Waals surface area contributed by atoms with Crippen LogP contribution in [0.5, 0.6) is 5.88 Å². The molecule has 2 amide bonds. The van der Waals surface area contributed by atoms with Crippen molar-refractivity contribution in [1.82, 2.24) is 15.2 Å². The van der Waals surface area contributed by atoms with Gasteiger partial charge in [0.25, 0.3) is 0 Å². The largest absolute Gasteiger partial charge is 0.481 e. The number of carbonyl (C=O) groups is 2. The number of carbonyl (C=O) groups excluding carboxylic acids is 1. The van der Waals surface area contributed by atoms with Crippen LogP contribution in [0, 0.1) is 0 Å². The predicted octanol–water partition coefficient (Wildman–Crippen LogP) is 0.759. The molecular formula is C12H15N3O4S. The number of urea groups is 1. The van der Waals surface area contributed by atoms with Crippen molar-refractivity contribution in [2.45, 2.75) is 12.6 Å². The molecule has 0 spiro atoms. The first-order valence-corrected chi connectivity index (χ1v) is 7.11. The SMILES string of the molecule is COc1cc(CNC(=O)N2CSC[C@H]2C(=O)O)ccn1. The number of thioether (sulfide) groups is 1. The van der Waals surface area contributed by atoms with E-state index in [0.717, 1.165) is 5.56 Å². The molecule has 2 rings (SSSR count). The van der Waals surface area contributed by atoms with Crippen LogP contribution < -0.4 is 10.1 Å². The summed E-state index contributed by atoms with van der Waals surface area (Å²) in [6, 6.07) is 2.34. The molecular weight excluding hydrogens is 282 g/mol. The summed E-state index contributed by atoms with van der Waals surface area (Å²) < 4.78 is 4.99. The number of methoxy groups -OCH3 is 1. The van der Waals surface area contributed by atoms with Crippen molar-refractivity contribution in [2.24, 2.45) is 0 Å². The summed E-state index contributed by atoms with van der Waals surface area (Å²) in [6.07, 6.45) is 1.59. The molecule has 1 aromatic heterocycles. The first-order valence-electron chi connectivity index (χ1n) is 5.95. The molecule has 1 aliphatic heterocycles. The van der Waals surface area contributed by atoms with E-state index in [9.17, 15) is 9.59 Å². The number of nitrogens with zero attached hydrogens (tertiary/aromatic N) is 2. The fourth-order valence-electron chi connectivity index (χ4n) is 1.80. The number of carboxylic acids is 1. The van der Waals surface area contributed by atoms with Crippen molar-refractivity contribution < 1.29 is 19.4 Å². The second kappa shape index (κ2) is 6.47. The Morgan fingerprint density at radius 1 is 1.65 bits per heavy atom. The standard InChI is InChI=1S/C12H15N3O4S/c1-19-10-4-8(2-3-13-10)5-14-12(18)15-7-20-6-9(15)11(16)17/h2-4,9H,5-7H2,1H3,(H,14,18)(H,16,17)/t9-/m0/s1. The maximum absolute atomic E-state index is 12.0. The smallest absolute Gasteiger partial charge is 0.327 e. The van der Waals surface area contributed by atoms with Crippen LogP contribution in [-0.4, -0.2) is 51.8 Å². The van der Waals surface area contributed by atoms with E-state index in [0.29, 0.717) is 24.1 Å². The van der Waals surface area contributed by atoms with Gasteiger partial charge in [-0.1, -0.05) is 0 Å². The highest BCUT2D eigenvalue weighted by atomic mass is 32.2. The van der Waals surface area contributed by atoms with Crippen molar-refractivity contribution >= 4 is 23.8 Å². The van der Waals surface area contributed by atoms with Crippen molar-refractivity contribution in [3.63, 3.8) is 0 Å². The number of rotatable bonds is 4. The number of carboxylic acid groups (broad SMARTS) is 1. The number of nitrogens with one attached hydrogen (secondary N) is 1. The lowest BCUT2D eigenvalue weighted by Crippen LogP contribution is -2.46. The zero-order valence-corrected chi connectivity index (χ0v) is 11.7. The molecule has 1 aliphatic rings. The zero-order chi connectivity index (χ0) is 14.5. The minimum absolute atomic E-state index is 0.297. The molecule has 8 heteroatoms. The van der Waals surface area contributed by atoms with Gasteiger partial charge >= 0.3 is 12.0 Å². The summed E-state index contributed by atoms with van der Waals surface area (Å²) >= 11 is 1.43. The predicted molar refractivity (Wildman–Crippen MR) is 73.6 cm³/mol. The zero-order valence-electron chi connectivity index (χ0n) is 10.9. The van der Waals surface area contributed by atoms with E-state index in [2.05, 4.69) is 10.3 Å². The van der Waals surface area contributed by atoms with Crippen molar-refractivity contribution in [2.75, 3.05) is 18.7 Å². The highest BCUT2D eigenvalue weighted by Crippen LogP contribution is 2.21. The first-order chi connectivity index (χ1) is 9.61. The lowest BCUT2D eigenvalue weighted by atomic mass is 10.2. The number of aliphatic carboxylic acids is 1. The highest BCUT2D eigenvalue weighted by molar-refractivity contribution is 7.99. The second-order valence-electron chi connectivity index (χ2n) is 4.19. The third-order valence-electron chi connectivity index (χ3n) is 2.88. The second-order valence-corrected chi connectivity index (χ2v) is 5.19. The maximum Gasteiger partial charge on any atom is 0.327 e. The Bertz CT molecular complexity index is 511. The Morgan fingerprint density at radius 3 is 3.15 bits per heavy atom. The molecule has 0 unspecified atom stereocenters. The number of hydrogen-bond acceptors (Lipinski definition) is 5. The van der Waals surface area contributed by atoms with Crippen LogP contribution in [0.15, 0.2) is 18.3 Å². The minimum Gasteiger partial charge on any atom is -0.481 e. The van der Waals surface area contributed by atoms with E-state index in [1.807, 2.05) is 0 Å². The molecule has 0 saturated carbocycles. The quantitative estimate of drug-likeness (QED) is 0.852. The minimum atomic E-state index is -0.976. The molecule has 0 bridgehead atoms. The normalized spacial score (nSPS) is 17.9. The first kappa shape index (κ1) is 14.4. The summed E-state index contributed by atoms with van der Waals surface area (Å²) in [5.41, 5.74) is 0.837. The molecule has 1 saturated heterocycles. The van der Waals surface area contributed by atoms with Gasteiger partial charge in [0.05, 0.1) is 13.0 Å². The van der Waals surface area contributed by atoms with E-state index in [1.165, 1.54) is 23.8 Å². The summed E-state index contributed by atoms with van der Waals surface area (Å²) in [5, 5.41) is 11.7. The van der Waals surface area contributed by atoms with Crippen LogP contribution in [-0.2, 0) is 11.3 Å². The number of aromatic nitrogens is 1. The van der Waals surface area contributed by atoms with Crippen LogP contribution in [0.3, 0.4) is 0 Å². The number of amides is 2. The lowest BCUT2D eigenvalue weighted by molar-refractivity contribution is -0.140. The topological polar surface area (TPSA) is 91.8 Å². The molecule has 2 N–H and O–H groups in total. The molecule has 20 heavy (non-hydrogen) atoms. The maximum atomic E-state index is 12.0. The van der Waals surface area contributed by atoms with Crippen molar-refractivity contribution in [3.05, 3.63) is 23.9 Å². The average molecular weight is 297 g/mol. The van der Waals surface area contributed by atoms with Gasteiger partial charge in [0, 0.05) is 24.6 Å². The van der Waals surface area contributed by atoms with E-state index in [4.69, 9.17) is 9.84 Å². The Kier molecular flexibility index (Phi) is 4.67. The number of hydrogen-bond donors (Lipinski definition) is 2. The van der Waals surface area contributed by atoms with Gasteiger partial charge in [-0.2, -0.15) is 0 Å². The molecule has 7 nitrogen and oxygen atoms in total. The molecule has 0 aromatic carbocycles. The van der Waals surface area contributed by atoms with Gasteiger partial charge < -0.3 is 20.1 Å². The third-order valence-corrected chi connectivity index (χ3v) is 3.89. The van der Waals surface area contributed by atoms with Gasteiger partial charge in [0.15, 0.2) is 0 Å². The number of ether oxygens (including phenoxy) is 1. The monoisotopic (exact) mass is 297 g/mol. The summed E-state index contributed by atoms with van der Waals surface area (Å²) in [7, 11) is 1.52. The van der Waals surface area contributed by atoms with Gasteiger partial charge in [-0.25, -0.2) is 14.6 Å². The summed E-state index contributed by atoms with van der Waals surface area (Å²) in [6.45, 7) is 0.297. The van der Waals surface area contributed by atoms with Crippen molar-refractivity contribution in [3.8, 4) is 5.88 Å². The van der Waals surface area contributed by atoms with Gasteiger partial charge in [0.1, 0.15) is 6.04 Å². The third kappa shape index (κ3) is 3.32. The molecule has 1 fully saturated rings. The molecule has 0 radical (unpaired) electrons. The van der Waals surface area contributed by atoms with Crippen molar-refractivity contribution in [1.29, 1.82) is 0 Å². The molecule has 108 valence electrons. The fourth-order valence-corrected chi connectivity index (χ4v) is 2.94.